The number of hydrogen-bond donors (Lipinski definition) is 3. The van der Waals surface area contributed by atoms with Gasteiger partial charge in [-0.1, -0.05) is 6.07 Å². The predicted molar refractivity (Wildman–Crippen MR) is 99.0 cm³/mol. The Balaban J connectivity index is 1.58. The maximum Gasteiger partial charge on any atom is 0.241 e. The van der Waals surface area contributed by atoms with Gasteiger partial charge in [-0.25, -0.2) is 22.5 Å². The number of nitrogens with zero attached hydrogens (tertiary/aromatic N) is 1. The van der Waals surface area contributed by atoms with E-state index in [1.54, 1.807) is 0 Å². The molecular weight excluding hydrogens is 371 g/mol. The van der Waals surface area contributed by atoms with Crippen LogP contribution < -0.4 is 10.0 Å². The van der Waals surface area contributed by atoms with Crippen molar-refractivity contribution in [3.05, 3.63) is 59.2 Å². The molecule has 0 saturated carbocycles. The minimum atomic E-state index is -3.90. The average molecular weight is 390 g/mol. The van der Waals surface area contributed by atoms with E-state index in [0.29, 0.717) is 0 Å². The second kappa shape index (κ2) is 7.45. The van der Waals surface area contributed by atoms with Crippen LogP contribution in [-0.2, 0) is 21.4 Å². The number of hydrogen-bond acceptors (Lipinski definition) is 4. The third-order valence-corrected chi connectivity index (χ3v) is 5.57. The number of fused-ring (bicyclic) bond motifs is 1. The first-order valence-electron chi connectivity index (χ1n) is 8.22. The van der Waals surface area contributed by atoms with Crippen LogP contribution in [0.15, 0.2) is 41.3 Å². The van der Waals surface area contributed by atoms with Crippen molar-refractivity contribution in [2.45, 2.75) is 25.3 Å². The van der Waals surface area contributed by atoms with E-state index in [2.05, 4.69) is 20.0 Å². The van der Waals surface area contributed by atoms with E-state index in [9.17, 15) is 17.6 Å². The van der Waals surface area contributed by atoms with Gasteiger partial charge in [0.2, 0.25) is 15.9 Å². The summed E-state index contributed by atoms with van der Waals surface area (Å²) in [5.74, 6) is -0.190. The van der Waals surface area contributed by atoms with Crippen molar-refractivity contribution >= 4 is 27.0 Å². The summed E-state index contributed by atoms with van der Waals surface area (Å²) in [5, 5.41) is 2.66. The van der Waals surface area contributed by atoms with E-state index in [-0.39, 0.29) is 17.0 Å². The summed E-state index contributed by atoms with van der Waals surface area (Å²) in [6, 6.07) is 8.93. The summed E-state index contributed by atoms with van der Waals surface area (Å²) >= 11 is 0. The van der Waals surface area contributed by atoms with Crippen LogP contribution in [0.3, 0.4) is 0 Å². The van der Waals surface area contributed by atoms with E-state index in [0.717, 1.165) is 34.6 Å². The van der Waals surface area contributed by atoms with E-state index < -0.39 is 28.3 Å². The Hall–Kier alpha value is -2.78. The number of benzene rings is 2. The molecule has 0 saturated heterocycles. The Morgan fingerprint density at radius 1 is 1.19 bits per heavy atom. The third kappa shape index (κ3) is 4.50. The fraction of sp³-hybridized carbons (Fsp3) is 0.222. The van der Waals surface area contributed by atoms with Crippen LogP contribution in [0.4, 0.5) is 4.39 Å². The number of nitrogens with one attached hydrogen (secondary N) is 3. The topological polar surface area (TPSA) is 104 Å². The molecule has 3 aromatic rings. The fourth-order valence-electron chi connectivity index (χ4n) is 2.71. The monoisotopic (exact) mass is 390 g/mol. The van der Waals surface area contributed by atoms with Crippen molar-refractivity contribution in [2.75, 3.05) is 6.54 Å². The smallest absolute Gasteiger partial charge is 0.241 e. The highest BCUT2D eigenvalue weighted by Gasteiger charge is 2.18. The lowest BCUT2D eigenvalue weighted by molar-refractivity contribution is -0.120. The number of carbonyl (C=O) groups excluding carboxylic acids is 1. The lowest BCUT2D eigenvalue weighted by Crippen LogP contribution is -2.36. The number of amides is 1. The van der Waals surface area contributed by atoms with Crippen LogP contribution in [0.25, 0.3) is 11.0 Å². The summed E-state index contributed by atoms with van der Waals surface area (Å²) in [5.41, 5.74) is 2.83. The Morgan fingerprint density at radius 3 is 2.70 bits per heavy atom. The van der Waals surface area contributed by atoms with Crippen LogP contribution in [0, 0.1) is 19.7 Å². The molecule has 2 aromatic carbocycles. The lowest BCUT2D eigenvalue weighted by atomic mass is 10.2. The molecule has 3 rings (SSSR count). The van der Waals surface area contributed by atoms with Crippen LogP contribution in [-0.4, -0.2) is 30.8 Å². The van der Waals surface area contributed by atoms with Crippen LogP contribution in [0.1, 0.15) is 17.0 Å². The van der Waals surface area contributed by atoms with Crippen molar-refractivity contribution in [2.24, 2.45) is 0 Å². The van der Waals surface area contributed by atoms with Crippen LogP contribution in [0.5, 0.6) is 0 Å². The van der Waals surface area contributed by atoms with E-state index >= 15 is 0 Å². The number of carbonyl (C=O) groups is 1. The van der Waals surface area contributed by atoms with Crippen molar-refractivity contribution in [3.8, 4) is 0 Å². The van der Waals surface area contributed by atoms with Gasteiger partial charge >= 0.3 is 0 Å². The first-order valence-corrected chi connectivity index (χ1v) is 9.71. The second-order valence-electron chi connectivity index (χ2n) is 6.18. The molecule has 0 aliphatic heterocycles. The van der Waals surface area contributed by atoms with E-state index in [1.165, 1.54) is 13.0 Å². The third-order valence-electron chi connectivity index (χ3n) is 4.00. The maximum atomic E-state index is 13.1. The molecule has 1 amide bonds. The first kappa shape index (κ1) is 19.0. The van der Waals surface area contributed by atoms with Gasteiger partial charge < -0.3 is 10.3 Å². The Kier molecular flexibility index (Phi) is 5.24. The van der Waals surface area contributed by atoms with Gasteiger partial charge in [0.15, 0.2) is 0 Å². The number of aromatic amines is 1. The van der Waals surface area contributed by atoms with Gasteiger partial charge in [-0.3, -0.25) is 4.79 Å². The van der Waals surface area contributed by atoms with Crippen molar-refractivity contribution in [3.63, 3.8) is 0 Å². The maximum absolute atomic E-state index is 13.1. The van der Waals surface area contributed by atoms with Crippen molar-refractivity contribution in [1.82, 2.24) is 20.0 Å². The van der Waals surface area contributed by atoms with Gasteiger partial charge in [0.1, 0.15) is 11.6 Å². The number of aromatic nitrogens is 2. The molecule has 0 atom stereocenters. The van der Waals surface area contributed by atoms with Gasteiger partial charge in [0, 0.05) is 6.54 Å². The number of aryl methyl sites for hydroxylation is 2. The summed E-state index contributed by atoms with van der Waals surface area (Å²) in [4.78, 5) is 19.3. The minimum absolute atomic E-state index is 0.0585. The molecule has 1 aromatic heterocycles. The molecule has 7 nitrogen and oxygen atoms in total. The molecule has 3 N–H and O–H groups in total. The van der Waals surface area contributed by atoms with E-state index in [1.807, 2.05) is 25.1 Å². The second-order valence-corrected chi connectivity index (χ2v) is 7.92. The van der Waals surface area contributed by atoms with Crippen LogP contribution in [0.2, 0.25) is 0 Å². The number of halogens is 1. The highest BCUT2D eigenvalue weighted by molar-refractivity contribution is 7.89. The molecule has 0 unspecified atom stereocenters. The number of imidazole rings is 1. The number of sulfonamides is 1. The molecule has 9 heteroatoms. The lowest BCUT2D eigenvalue weighted by Gasteiger charge is -2.10. The quantitative estimate of drug-likeness (QED) is 0.598. The molecule has 0 aliphatic rings. The summed E-state index contributed by atoms with van der Waals surface area (Å²) in [7, 11) is -3.90. The van der Waals surface area contributed by atoms with Gasteiger partial charge in [0.05, 0.1) is 22.5 Å². The average Bonchev–Trinajstić information content (AvgIpc) is 2.97. The number of rotatable bonds is 6. The van der Waals surface area contributed by atoms with Crippen molar-refractivity contribution in [1.29, 1.82) is 0 Å². The highest BCUT2D eigenvalue weighted by atomic mass is 32.2. The summed E-state index contributed by atoms with van der Waals surface area (Å²) < 4.78 is 39.9. The normalized spacial score (nSPS) is 11.7. The zero-order valence-corrected chi connectivity index (χ0v) is 15.7. The fourth-order valence-corrected chi connectivity index (χ4v) is 3.92. The zero-order valence-electron chi connectivity index (χ0n) is 14.8. The molecule has 0 spiro atoms. The molecule has 27 heavy (non-hydrogen) atoms. The summed E-state index contributed by atoms with van der Waals surface area (Å²) in [6.07, 6.45) is 0. The van der Waals surface area contributed by atoms with E-state index in [4.69, 9.17) is 0 Å². The molecular formula is C18H19FN4O3S. The first-order chi connectivity index (χ1) is 12.7. The molecule has 0 aliphatic carbocycles. The minimum Gasteiger partial charge on any atom is -0.351 e. The number of H-pyrrole nitrogens is 1. The summed E-state index contributed by atoms with van der Waals surface area (Å²) in [6.45, 7) is 3.19. The zero-order chi connectivity index (χ0) is 19.6. The molecule has 0 radical (unpaired) electrons. The molecule has 0 bridgehead atoms. The Labute approximate surface area is 156 Å². The molecule has 1 heterocycles. The van der Waals surface area contributed by atoms with Gasteiger partial charge in [-0.05, 0) is 55.3 Å². The SMILES string of the molecule is Cc1nc2ccc(CNC(=O)CNS(=O)(=O)c3ccc(F)cc3C)cc2[nH]1. The standard InChI is InChI=1S/C18H19FN4O3S/c1-11-7-14(19)4-6-17(11)27(25,26)21-10-18(24)20-9-13-3-5-15-16(8-13)23-12(2)22-15/h3-8,21H,9-10H2,1-2H3,(H,20,24)(H,22,23). The largest absolute Gasteiger partial charge is 0.351 e. The van der Waals surface area contributed by atoms with Gasteiger partial charge in [-0.2, -0.15) is 0 Å². The van der Waals surface area contributed by atoms with Crippen LogP contribution >= 0.6 is 0 Å². The van der Waals surface area contributed by atoms with Crippen molar-refractivity contribution < 1.29 is 17.6 Å². The van der Waals surface area contributed by atoms with Gasteiger partial charge in [0.25, 0.3) is 0 Å². The Bertz CT molecular complexity index is 1110. The Morgan fingerprint density at radius 2 is 1.96 bits per heavy atom. The highest BCUT2D eigenvalue weighted by Crippen LogP contribution is 2.16. The van der Waals surface area contributed by atoms with Gasteiger partial charge in [-0.15, -0.1) is 0 Å². The molecule has 0 fully saturated rings. The predicted octanol–water partition coefficient (Wildman–Crippen LogP) is 1.91. The molecule has 142 valence electrons.